The number of hydrogen-bond acceptors (Lipinski definition) is 3. The molecule has 0 fully saturated rings. The molecule has 0 spiro atoms. The molecule has 86 valence electrons. The van der Waals surface area contributed by atoms with Gasteiger partial charge in [0.05, 0.1) is 0 Å². The summed E-state index contributed by atoms with van der Waals surface area (Å²) in [5, 5.41) is 9.68. The van der Waals surface area contributed by atoms with E-state index in [2.05, 4.69) is 16.0 Å². The molecule has 2 aromatic rings. The summed E-state index contributed by atoms with van der Waals surface area (Å²) >= 11 is 5.82. The lowest BCUT2D eigenvalue weighted by molar-refractivity contribution is 1.08. The first kappa shape index (κ1) is 11.5. The fraction of sp³-hybridized carbons (Fsp3) is 0.167. The van der Waals surface area contributed by atoms with Gasteiger partial charge in [-0.2, -0.15) is 5.26 Å². The van der Waals surface area contributed by atoms with E-state index in [0.29, 0.717) is 22.4 Å². The number of H-pyrrole nitrogens is 1. The molecular formula is C12H11ClN4. The maximum atomic E-state index is 9.00. The van der Waals surface area contributed by atoms with Crippen LogP contribution >= 0.6 is 11.6 Å². The van der Waals surface area contributed by atoms with E-state index in [1.807, 2.05) is 26.2 Å². The quantitative estimate of drug-likeness (QED) is 0.886. The Bertz CT molecular complexity index is 563. The molecule has 5 heteroatoms. The maximum absolute atomic E-state index is 9.00. The van der Waals surface area contributed by atoms with Crippen LogP contribution in [0.4, 0.5) is 5.82 Å². The zero-order chi connectivity index (χ0) is 12.4. The third-order valence-corrected chi connectivity index (χ3v) is 2.59. The van der Waals surface area contributed by atoms with Crippen LogP contribution in [0.25, 0.3) is 11.4 Å². The SMILES string of the molecule is CN(C)c1nc(-c2ccc(Cl)cc2)[nH]c1C#N. The number of nitrogens with zero attached hydrogens (tertiary/aromatic N) is 3. The zero-order valence-electron chi connectivity index (χ0n) is 9.53. The third-order valence-electron chi connectivity index (χ3n) is 2.34. The average Bonchev–Trinajstić information content (AvgIpc) is 2.74. The van der Waals surface area contributed by atoms with E-state index in [1.165, 1.54) is 0 Å². The van der Waals surface area contributed by atoms with Crippen molar-refractivity contribution in [2.45, 2.75) is 0 Å². The molecule has 1 N–H and O–H groups in total. The molecule has 0 saturated carbocycles. The average molecular weight is 247 g/mol. The summed E-state index contributed by atoms with van der Waals surface area (Å²) in [7, 11) is 3.70. The summed E-state index contributed by atoms with van der Waals surface area (Å²) < 4.78 is 0. The van der Waals surface area contributed by atoms with Crippen molar-refractivity contribution in [1.82, 2.24) is 9.97 Å². The number of nitrogens with one attached hydrogen (secondary N) is 1. The van der Waals surface area contributed by atoms with Gasteiger partial charge in [-0.05, 0) is 24.3 Å². The van der Waals surface area contributed by atoms with Crippen LogP contribution in [-0.4, -0.2) is 24.1 Å². The van der Waals surface area contributed by atoms with Crippen molar-refractivity contribution in [3.05, 3.63) is 35.0 Å². The summed E-state index contributed by atoms with van der Waals surface area (Å²) in [6, 6.07) is 9.40. The first-order valence-corrected chi connectivity index (χ1v) is 5.43. The van der Waals surface area contributed by atoms with Crippen molar-refractivity contribution in [2.24, 2.45) is 0 Å². The van der Waals surface area contributed by atoms with Crippen LogP contribution in [-0.2, 0) is 0 Å². The van der Waals surface area contributed by atoms with Gasteiger partial charge in [-0.25, -0.2) is 4.98 Å². The molecule has 17 heavy (non-hydrogen) atoms. The number of halogens is 1. The molecule has 0 amide bonds. The second-order valence-corrected chi connectivity index (χ2v) is 4.23. The molecule has 0 unspecified atom stereocenters. The highest BCUT2D eigenvalue weighted by atomic mass is 35.5. The van der Waals surface area contributed by atoms with E-state index in [9.17, 15) is 0 Å². The smallest absolute Gasteiger partial charge is 0.165 e. The number of rotatable bonds is 2. The van der Waals surface area contributed by atoms with E-state index in [-0.39, 0.29) is 0 Å². The molecule has 4 nitrogen and oxygen atoms in total. The van der Waals surface area contributed by atoms with Gasteiger partial charge < -0.3 is 9.88 Å². The van der Waals surface area contributed by atoms with Crippen molar-refractivity contribution in [3.8, 4) is 17.5 Å². The fourth-order valence-corrected chi connectivity index (χ4v) is 1.64. The summed E-state index contributed by atoms with van der Waals surface area (Å²) in [5.74, 6) is 1.30. The molecule has 2 rings (SSSR count). The summed E-state index contributed by atoms with van der Waals surface area (Å²) in [6.45, 7) is 0. The van der Waals surface area contributed by atoms with Crippen molar-refractivity contribution in [1.29, 1.82) is 5.26 Å². The van der Waals surface area contributed by atoms with E-state index in [1.54, 1.807) is 17.0 Å². The van der Waals surface area contributed by atoms with Gasteiger partial charge in [0.1, 0.15) is 11.9 Å². The topological polar surface area (TPSA) is 55.7 Å². The van der Waals surface area contributed by atoms with Crippen molar-refractivity contribution in [2.75, 3.05) is 19.0 Å². The number of anilines is 1. The molecule has 0 saturated heterocycles. The molecule has 1 aromatic carbocycles. The van der Waals surface area contributed by atoms with E-state index >= 15 is 0 Å². The lowest BCUT2D eigenvalue weighted by Crippen LogP contribution is -2.10. The first-order valence-electron chi connectivity index (χ1n) is 5.05. The minimum Gasteiger partial charge on any atom is -0.360 e. The van der Waals surface area contributed by atoms with Crippen LogP contribution in [0.1, 0.15) is 5.69 Å². The van der Waals surface area contributed by atoms with Crippen molar-refractivity contribution >= 4 is 17.4 Å². The highest BCUT2D eigenvalue weighted by Crippen LogP contribution is 2.23. The lowest BCUT2D eigenvalue weighted by Gasteiger charge is -2.07. The Morgan fingerprint density at radius 3 is 2.41 bits per heavy atom. The van der Waals surface area contributed by atoms with Gasteiger partial charge >= 0.3 is 0 Å². The molecule has 0 aliphatic carbocycles. The van der Waals surface area contributed by atoms with Gasteiger partial charge in [-0.15, -0.1) is 0 Å². The minimum absolute atomic E-state index is 0.458. The third kappa shape index (κ3) is 2.24. The second-order valence-electron chi connectivity index (χ2n) is 3.80. The standard InChI is InChI=1S/C12H11ClN4/c1-17(2)12-10(7-14)15-11(16-12)8-3-5-9(13)6-4-8/h3-6H,1-2H3,(H,15,16). The predicted molar refractivity (Wildman–Crippen MR) is 68.1 cm³/mol. The molecule has 0 aliphatic rings. The number of nitriles is 1. The van der Waals surface area contributed by atoms with Crippen LogP contribution < -0.4 is 4.90 Å². The number of imidazole rings is 1. The van der Waals surface area contributed by atoms with Crippen LogP contribution in [0.2, 0.25) is 5.02 Å². The summed E-state index contributed by atoms with van der Waals surface area (Å²) in [6.07, 6.45) is 0. The first-order chi connectivity index (χ1) is 8.11. The molecule has 1 heterocycles. The lowest BCUT2D eigenvalue weighted by atomic mass is 10.2. The Morgan fingerprint density at radius 2 is 1.94 bits per heavy atom. The Morgan fingerprint density at radius 1 is 1.29 bits per heavy atom. The Hall–Kier alpha value is -1.99. The van der Waals surface area contributed by atoms with Crippen LogP contribution in [0, 0.1) is 11.3 Å². The Kier molecular flexibility index (Phi) is 3.03. The van der Waals surface area contributed by atoms with E-state index < -0.39 is 0 Å². The largest absolute Gasteiger partial charge is 0.360 e. The van der Waals surface area contributed by atoms with Crippen LogP contribution in [0.15, 0.2) is 24.3 Å². The van der Waals surface area contributed by atoms with Gasteiger partial charge in [0.25, 0.3) is 0 Å². The fourth-order valence-electron chi connectivity index (χ4n) is 1.51. The molecule has 0 bridgehead atoms. The summed E-state index contributed by atoms with van der Waals surface area (Å²) in [5.41, 5.74) is 1.36. The van der Waals surface area contributed by atoms with E-state index in [4.69, 9.17) is 16.9 Å². The number of benzene rings is 1. The van der Waals surface area contributed by atoms with Gasteiger partial charge in [0.2, 0.25) is 0 Å². The molecule has 1 aromatic heterocycles. The Balaban J connectivity index is 2.47. The van der Waals surface area contributed by atoms with Crippen molar-refractivity contribution in [3.63, 3.8) is 0 Å². The number of aromatic nitrogens is 2. The minimum atomic E-state index is 0.458. The normalized spacial score (nSPS) is 10.0. The highest BCUT2D eigenvalue weighted by molar-refractivity contribution is 6.30. The van der Waals surface area contributed by atoms with Crippen molar-refractivity contribution < 1.29 is 0 Å². The van der Waals surface area contributed by atoms with Gasteiger partial charge in [0, 0.05) is 24.7 Å². The highest BCUT2D eigenvalue weighted by Gasteiger charge is 2.12. The molecular weight excluding hydrogens is 236 g/mol. The van der Waals surface area contributed by atoms with Crippen LogP contribution in [0.5, 0.6) is 0 Å². The maximum Gasteiger partial charge on any atom is 0.165 e. The molecule has 0 atom stereocenters. The van der Waals surface area contributed by atoms with E-state index in [0.717, 1.165) is 5.56 Å². The second kappa shape index (κ2) is 4.48. The van der Waals surface area contributed by atoms with Gasteiger partial charge in [-0.1, -0.05) is 11.6 Å². The predicted octanol–water partition coefficient (Wildman–Crippen LogP) is 2.67. The zero-order valence-corrected chi connectivity index (χ0v) is 10.3. The molecule has 0 aliphatic heterocycles. The van der Waals surface area contributed by atoms with Gasteiger partial charge in [-0.3, -0.25) is 0 Å². The number of aromatic amines is 1. The monoisotopic (exact) mass is 246 g/mol. The number of hydrogen-bond donors (Lipinski definition) is 1. The molecule has 0 radical (unpaired) electrons. The van der Waals surface area contributed by atoms with Crippen LogP contribution in [0.3, 0.4) is 0 Å². The summed E-state index contributed by atoms with van der Waals surface area (Å²) in [4.78, 5) is 9.18. The van der Waals surface area contributed by atoms with Gasteiger partial charge in [0.15, 0.2) is 11.5 Å². The Labute approximate surface area is 104 Å².